The third-order valence-electron chi connectivity index (χ3n) is 4.40. The number of imidazole rings is 1. The summed E-state index contributed by atoms with van der Waals surface area (Å²) in [7, 11) is 0. The Labute approximate surface area is 132 Å². The molecule has 3 heteroatoms. The van der Waals surface area contributed by atoms with Crippen LogP contribution in [0.4, 0.5) is 0 Å². The monoisotopic (exact) mass is 312 g/mol. The first kappa shape index (κ1) is 15.6. The molecule has 1 heterocycles. The molecular weight excluding hydrogens is 288 g/mol. The Balaban J connectivity index is 0.000000210. The van der Waals surface area contributed by atoms with Crippen LogP contribution in [0.3, 0.4) is 0 Å². The van der Waals surface area contributed by atoms with Crippen LogP contribution in [-0.4, -0.2) is 9.97 Å². The standard InChI is InChI=1S/C12H14N2.C5H10.Fe/c1-2-6-9(5-1)12-13-10-7-3-4-8-11(10)14-12;1-2-4-5-3-1;/h3-4,7-9H,1-2,5-6H2,(H,13,14);1-5H2;. The van der Waals surface area contributed by atoms with Crippen molar-refractivity contribution in [3.05, 3.63) is 30.1 Å². The van der Waals surface area contributed by atoms with Crippen molar-refractivity contribution in [1.29, 1.82) is 0 Å². The molecule has 20 heavy (non-hydrogen) atoms. The molecular formula is C17H24FeN2. The Bertz CT molecular complexity index is 470. The molecule has 1 N–H and O–H groups in total. The molecule has 0 aliphatic heterocycles. The van der Waals surface area contributed by atoms with Crippen molar-refractivity contribution < 1.29 is 17.1 Å². The van der Waals surface area contributed by atoms with Gasteiger partial charge in [0.05, 0.1) is 11.0 Å². The smallest absolute Gasteiger partial charge is 0.110 e. The Hall–Kier alpha value is -0.791. The van der Waals surface area contributed by atoms with E-state index < -0.39 is 0 Å². The van der Waals surface area contributed by atoms with Crippen molar-refractivity contribution in [2.24, 2.45) is 0 Å². The summed E-state index contributed by atoms with van der Waals surface area (Å²) < 4.78 is 0. The third-order valence-corrected chi connectivity index (χ3v) is 4.40. The summed E-state index contributed by atoms with van der Waals surface area (Å²) in [6.45, 7) is 0. The van der Waals surface area contributed by atoms with Crippen LogP contribution < -0.4 is 0 Å². The summed E-state index contributed by atoms with van der Waals surface area (Å²) in [5.41, 5.74) is 2.28. The zero-order valence-electron chi connectivity index (χ0n) is 12.1. The van der Waals surface area contributed by atoms with Crippen LogP contribution >= 0.6 is 0 Å². The van der Waals surface area contributed by atoms with E-state index in [0.717, 1.165) is 5.52 Å². The van der Waals surface area contributed by atoms with Gasteiger partial charge in [0.25, 0.3) is 0 Å². The summed E-state index contributed by atoms with van der Waals surface area (Å²) in [5.74, 6) is 1.88. The first-order valence-electron chi connectivity index (χ1n) is 7.88. The van der Waals surface area contributed by atoms with Crippen LogP contribution in [0.5, 0.6) is 0 Å². The number of fused-ring (bicyclic) bond motifs is 1. The van der Waals surface area contributed by atoms with Gasteiger partial charge in [0.2, 0.25) is 0 Å². The van der Waals surface area contributed by atoms with Crippen molar-refractivity contribution >= 4 is 11.0 Å². The molecule has 0 spiro atoms. The molecule has 1 aromatic heterocycles. The maximum atomic E-state index is 4.64. The molecule has 4 rings (SSSR count). The quantitative estimate of drug-likeness (QED) is 0.723. The Morgan fingerprint density at radius 3 is 2.05 bits per heavy atom. The number of hydrogen-bond acceptors (Lipinski definition) is 1. The minimum atomic E-state index is 0. The van der Waals surface area contributed by atoms with E-state index in [4.69, 9.17) is 0 Å². The Morgan fingerprint density at radius 1 is 0.850 bits per heavy atom. The van der Waals surface area contributed by atoms with Crippen molar-refractivity contribution in [2.45, 2.75) is 63.7 Å². The second-order valence-electron chi connectivity index (χ2n) is 5.89. The van der Waals surface area contributed by atoms with E-state index in [0.29, 0.717) is 5.92 Å². The van der Waals surface area contributed by atoms with Gasteiger partial charge in [0.15, 0.2) is 0 Å². The topological polar surface area (TPSA) is 28.7 Å². The fraction of sp³-hybridized carbons (Fsp3) is 0.588. The third kappa shape index (κ3) is 3.86. The van der Waals surface area contributed by atoms with Crippen LogP contribution in [0.1, 0.15) is 69.5 Å². The van der Waals surface area contributed by atoms with E-state index in [2.05, 4.69) is 28.2 Å². The van der Waals surface area contributed by atoms with Crippen LogP contribution in [-0.2, 0) is 17.1 Å². The van der Waals surface area contributed by atoms with E-state index in [1.54, 1.807) is 0 Å². The minimum absolute atomic E-state index is 0. The number of nitrogens with zero attached hydrogens (tertiary/aromatic N) is 1. The van der Waals surface area contributed by atoms with Crippen molar-refractivity contribution in [1.82, 2.24) is 9.97 Å². The van der Waals surface area contributed by atoms with Gasteiger partial charge in [-0.2, -0.15) is 0 Å². The van der Waals surface area contributed by atoms with Gasteiger partial charge in [-0.05, 0) is 25.0 Å². The number of rotatable bonds is 1. The van der Waals surface area contributed by atoms with Gasteiger partial charge in [0.1, 0.15) is 5.82 Å². The van der Waals surface area contributed by atoms with Gasteiger partial charge in [-0.25, -0.2) is 4.98 Å². The molecule has 2 fully saturated rings. The first-order valence-corrected chi connectivity index (χ1v) is 7.88. The molecule has 0 unspecified atom stereocenters. The number of nitrogens with one attached hydrogen (secondary N) is 1. The molecule has 2 saturated carbocycles. The van der Waals surface area contributed by atoms with Crippen LogP contribution in [0.2, 0.25) is 0 Å². The van der Waals surface area contributed by atoms with Gasteiger partial charge in [-0.15, -0.1) is 0 Å². The molecule has 0 saturated heterocycles. The Kier molecular flexibility index (Phi) is 6.12. The van der Waals surface area contributed by atoms with Crippen molar-refractivity contribution in [2.75, 3.05) is 0 Å². The van der Waals surface area contributed by atoms with Crippen LogP contribution in [0, 0.1) is 0 Å². The summed E-state index contributed by atoms with van der Waals surface area (Å²) in [6.07, 6.45) is 12.8. The number of hydrogen-bond donors (Lipinski definition) is 1. The average molecular weight is 312 g/mol. The molecule has 0 radical (unpaired) electrons. The summed E-state index contributed by atoms with van der Waals surface area (Å²) in [6, 6.07) is 8.27. The fourth-order valence-electron chi connectivity index (χ4n) is 3.25. The summed E-state index contributed by atoms with van der Waals surface area (Å²) >= 11 is 0. The van der Waals surface area contributed by atoms with Crippen LogP contribution in [0.25, 0.3) is 11.0 Å². The number of aromatic amines is 1. The maximum absolute atomic E-state index is 4.64. The molecule has 0 bridgehead atoms. The number of H-pyrrole nitrogens is 1. The minimum Gasteiger partial charge on any atom is -0.342 e. The van der Waals surface area contributed by atoms with E-state index in [9.17, 15) is 0 Å². The molecule has 2 aliphatic rings. The number of para-hydroxylation sites is 2. The zero-order valence-corrected chi connectivity index (χ0v) is 13.2. The molecule has 1 aromatic carbocycles. The van der Waals surface area contributed by atoms with E-state index in [-0.39, 0.29) is 17.1 Å². The number of aromatic nitrogens is 2. The molecule has 0 atom stereocenters. The summed E-state index contributed by atoms with van der Waals surface area (Å²) in [4.78, 5) is 8.07. The number of benzene rings is 1. The van der Waals surface area contributed by atoms with Gasteiger partial charge in [-0.1, -0.05) is 57.1 Å². The predicted octanol–water partition coefficient (Wildman–Crippen LogP) is 5.17. The molecule has 110 valence electrons. The van der Waals surface area contributed by atoms with Gasteiger partial charge < -0.3 is 4.98 Å². The van der Waals surface area contributed by atoms with E-state index >= 15 is 0 Å². The summed E-state index contributed by atoms with van der Waals surface area (Å²) in [5, 5.41) is 0. The van der Waals surface area contributed by atoms with Crippen molar-refractivity contribution in [3.63, 3.8) is 0 Å². The normalized spacial score (nSPS) is 18.6. The van der Waals surface area contributed by atoms with Gasteiger partial charge >= 0.3 is 0 Å². The van der Waals surface area contributed by atoms with Gasteiger partial charge in [-0.3, -0.25) is 0 Å². The second-order valence-corrected chi connectivity index (χ2v) is 5.89. The van der Waals surface area contributed by atoms with E-state index in [1.807, 2.05) is 6.07 Å². The van der Waals surface area contributed by atoms with Crippen molar-refractivity contribution in [3.8, 4) is 0 Å². The Morgan fingerprint density at radius 2 is 1.45 bits per heavy atom. The largest absolute Gasteiger partial charge is 0.342 e. The predicted molar refractivity (Wildman–Crippen MR) is 80.4 cm³/mol. The average Bonchev–Trinajstić information content (AvgIpc) is 3.20. The van der Waals surface area contributed by atoms with E-state index in [1.165, 1.54) is 69.1 Å². The SMILES string of the molecule is C1CCCC1.[Fe].c1ccc2[nH]c(C3CCCC3)nc2c1. The van der Waals surface area contributed by atoms with Crippen LogP contribution in [0.15, 0.2) is 24.3 Å². The molecule has 0 amide bonds. The fourth-order valence-corrected chi connectivity index (χ4v) is 3.25. The zero-order chi connectivity index (χ0) is 12.9. The first-order chi connectivity index (χ1) is 9.43. The van der Waals surface area contributed by atoms with Gasteiger partial charge in [0, 0.05) is 23.0 Å². The molecule has 2 nitrogen and oxygen atoms in total. The molecule has 2 aliphatic carbocycles. The second kappa shape index (κ2) is 7.85. The maximum Gasteiger partial charge on any atom is 0.110 e. The molecule has 2 aromatic rings.